The topological polar surface area (TPSA) is 150 Å². The molecule has 1 fully saturated rings. The second-order valence-electron chi connectivity index (χ2n) is 10.2. The van der Waals surface area contributed by atoms with Gasteiger partial charge in [0.2, 0.25) is 17.7 Å². The lowest BCUT2D eigenvalue weighted by molar-refractivity contribution is -0.384. The Labute approximate surface area is 279 Å². The van der Waals surface area contributed by atoms with Crippen molar-refractivity contribution in [2.45, 2.75) is 22.7 Å². The van der Waals surface area contributed by atoms with E-state index in [2.05, 4.69) is 5.32 Å². The summed E-state index contributed by atoms with van der Waals surface area (Å²) < 4.78 is 12.2. The molecule has 1 saturated heterocycles. The molecule has 0 radical (unpaired) electrons. The van der Waals surface area contributed by atoms with Gasteiger partial charge in [0.1, 0.15) is 11.8 Å². The number of nitrogens with one attached hydrogen (secondary N) is 1. The normalized spacial score (nSPS) is 18.6. The van der Waals surface area contributed by atoms with E-state index in [4.69, 9.17) is 32.7 Å². The van der Waals surface area contributed by atoms with Crippen molar-refractivity contribution in [2.24, 2.45) is 5.92 Å². The van der Waals surface area contributed by atoms with Crippen molar-refractivity contribution in [3.63, 3.8) is 0 Å². The third-order valence-electron chi connectivity index (χ3n) is 7.64. The summed E-state index contributed by atoms with van der Waals surface area (Å²) in [7, 11) is 2.95. The van der Waals surface area contributed by atoms with E-state index >= 15 is 0 Å². The minimum atomic E-state index is -0.966. The summed E-state index contributed by atoms with van der Waals surface area (Å²) in [6.07, 6.45) is 0. The number of nitro groups is 1. The number of hydrogen-bond acceptors (Lipinski definition) is 10. The maximum Gasteiger partial charge on any atom is 0.308 e. The fourth-order valence-corrected chi connectivity index (χ4v) is 8.63. The van der Waals surface area contributed by atoms with Crippen LogP contribution in [0, 0.1) is 16.0 Å². The number of amides is 3. The predicted molar refractivity (Wildman–Crippen MR) is 174 cm³/mol. The first kappa shape index (κ1) is 31.6. The highest BCUT2D eigenvalue weighted by molar-refractivity contribution is 8.00. The van der Waals surface area contributed by atoms with E-state index in [1.165, 1.54) is 55.2 Å². The van der Waals surface area contributed by atoms with E-state index in [1.807, 2.05) is 0 Å². The Morgan fingerprint density at radius 3 is 2.33 bits per heavy atom. The number of methoxy groups -OCH3 is 2. The molecule has 3 heterocycles. The van der Waals surface area contributed by atoms with E-state index in [0.717, 1.165) is 28.0 Å². The Balaban J connectivity index is 1.42. The SMILES string of the molecule is COc1ccc([C@H]2c3sc(=O)n(CC(=O)Nc4ccc(Cl)c(Cl)c4)c3SC3C(=O)N(c4ccc([N+](=O)[O-])cc4)C(=O)C32)cc1OC. The smallest absolute Gasteiger partial charge is 0.308 e. The second-order valence-corrected chi connectivity index (χ2v) is 13.2. The number of rotatable bonds is 8. The third-order valence-corrected chi connectivity index (χ3v) is 11.0. The van der Waals surface area contributed by atoms with Crippen LogP contribution in [0.4, 0.5) is 17.1 Å². The Bertz CT molecular complexity index is 1980. The number of thiazole rings is 1. The van der Waals surface area contributed by atoms with Crippen molar-refractivity contribution in [1.29, 1.82) is 0 Å². The highest BCUT2D eigenvalue weighted by atomic mass is 35.5. The fourth-order valence-electron chi connectivity index (χ4n) is 5.56. The molecule has 236 valence electrons. The van der Waals surface area contributed by atoms with Crippen LogP contribution in [-0.4, -0.2) is 46.7 Å². The van der Waals surface area contributed by atoms with E-state index in [0.29, 0.717) is 37.7 Å². The molecule has 0 spiro atoms. The zero-order valence-electron chi connectivity index (χ0n) is 23.9. The van der Waals surface area contributed by atoms with Gasteiger partial charge in [-0.3, -0.25) is 33.9 Å². The molecule has 2 unspecified atom stereocenters. The first-order valence-electron chi connectivity index (χ1n) is 13.5. The number of thioether (sulfide) groups is 1. The van der Waals surface area contributed by atoms with Gasteiger partial charge in [-0.25, -0.2) is 4.90 Å². The Morgan fingerprint density at radius 2 is 1.67 bits per heavy atom. The molecule has 0 aliphatic carbocycles. The van der Waals surface area contributed by atoms with Gasteiger partial charge in [-0.05, 0) is 48.0 Å². The van der Waals surface area contributed by atoms with Crippen molar-refractivity contribution in [1.82, 2.24) is 4.57 Å². The summed E-state index contributed by atoms with van der Waals surface area (Å²) in [5, 5.41) is 13.9. The molecule has 12 nitrogen and oxygen atoms in total. The number of benzene rings is 3. The zero-order chi connectivity index (χ0) is 32.9. The number of nitro benzene ring substituents is 1. The van der Waals surface area contributed by atoms with E-state index < -0.39 is 44.6 Å². The number of carbonyl (C=O) groups excluding carboxylic acids is 3. The summed E-state index contributed by atoms with van der Waals surface area (Å²) in [5.41, 5.74) is 0.962. The van der Waals surface area contributed by atoms with Crippen molar-refractivity contribution in [3.05, 3.63) is 101 Å². The summed E-state index contributed by atoms with van der Waals surface area (Å²) in [4.78, 5) is 66.3. The number of fused-ring (bicyclic) bond motifs is 2. The molecule has 1 aromatic heterocycles. The Morgan fingerprint density at radius 1 is 0.957 bits per heavy atom. The first-order chi connectivity index (χ1) is 22.0. The highest BCUT2D eigenvalue weighted by Crippen LogP contribution is 2.54. The standard InChI is InChI=1S/C30H22Cl2N4O8S2/c1-43-20-10-3-14(11-21(20)44-2)23-24-25(28(39)35(27(24)38)16-5-7-17(8-6-16)36(41)42)45-29-26(23)46-30(40)34(29)13-22(37)33-15-4-9-18(31)19(32)12-15/h3-12,23-25H,13H2,1-2H3,(H,33,37)/t23-,24?,25?/m1/s1. The Hall–Kier alpha value is -4.37. The largest absolute Gasteiger partial charge is 0.493 e. The maximum atomic E-state index is 14.1. The van der Waals surface area contributed by atoms with Crippen molar-refractivity contribution < 1.29 is 28.8 Å². The number of aromatic nitrogens is 1. The van der Waals surface area contributed by atoms with Gasteiger partial charge in [-0.2, -0.15) is 0 Å². The number of hydrogen-bond donors (Lipinski definition) is 1. The highest BCUT2D eigenvalue weighted by Gasteiger charge is 2.57. The van der Waals surface area contributed by atoms with Crippen LogP contribution in [0.1, 0.15) is 16.4 Å². The molecule has 3 atom stereocenters. The minimum absolute atomic E-state index is 0.184. The molecule has 0 bridgehead atoms. The number of carbonyl (C=O) groups is 3. The average Bonchev–Trinajstić information content (AvgIpc) is 3.48. The lowest BCUT2D eigenvalue weighted by Crippen LogP contribution is -2.33. The van der Waals surface area contributed by atoms with E-state index in [-0.39, 0.29) is 22.9 Å². The van der Waals surface area contributed by atoms with Crippen LogP contribution in [0.5, 0.6) is 11.5 Å². The number of halogens is 2. The monoisotopic (exact) mass is 700 g/mol. The molecule has 2 aliphatic rings. The third kappa shape index (κ3) is 5.51. The molecular weight excluding hydrogens is 679 g/mol. The van der Waals surface area contributed by atoms with Crippen LogP contribution >= 0.6 is 46.3 Å². The molecular formula is C30H22Cl2N4O8S2. The molecule has 16 heteroatoms. The number of nitrogens with zero attached hydrogens (tertiary/aromatic N) is 3. The van der Waals surface area contributed by atoms with Crippen LogP contribution in [0.2, 0.25) is 10.0 Å². The van der Waals surface area contributed by atoms with E-state index in [1.54, 1.807) is 24.3 Å². The molecule has 46 heavy (non-hydrogen) atoms. The fraction of sp³-hybridized carbons (Fsp3) is 0.200. The summed E-state index contributed by atoms with van der Waals surface area (Å²) >= 11 is 14.0. The number of non-ortho nitro benzene ring substituents is 1. The first-order valence-corrected chi connectivity index (χ1v) is 16.0. The molecule has 2 aliphatic heterocycles. The van der Waals surface area contributed by atoms with Gasteiger partial charge in [-0.15, -0.1) is 0 Å². The molecule has 0 saturated carbocycles. The zero-order valence-corrected chi connectivity index (χ0v) is 27.0. The Kier molecular flexibility index (Phi) is 8.55. The number of imide groups is 1. The van der Waals surface area contributed by atoms with Crippen molar-refractivity contribution in [2.75, 3.05) is 24.4 Å². The van der Waals surface area contributed by atoms with Crippen LogP contribution < -0.4 is 24.6 Å². The van der Waals surface area contributed by atoms with Gasteiger partial charge in [-0.1, -0.05) is 52.4 Å². The molecule has 4 aromatic rings. The molecule has 6 rings (SSSR count). The van der Waals surface area contributed by atoms with Crippen LogP contribution in [0.25, 0.3) is 0 Å². The lowest BCUT2D eigenvalue weighted by Gasteiger charge is -2.31. The summed E-state index contributed by atoms with van der Waals surface area (Å²) in [5.74, 6) is -2.46. The minimum Gasteiger partial charge on any atom is -0.493 e. The van der Waals surface area contributed by atoms with E-state index in [9.17, 15) is 29.3 Å². The van der Waals surface area contributed by atoms with Gasteiger partial charge in [0, 0.05) is 28.6 Å². The quantitative estimate of drug-likeness (QED) is 0.141. The molecule has 1 N–H and O–H groups in total. The van der Waals surface area contributed by atoms with Gasteiger partial charge < -0.3 is 14.8 Å². The average molecular weight is 702 g/mol. The van der Waals surface area contributed by atoms with Crippen molar-refractivity contribution >= 4 is 81.1 Å². The summed E-state index contributed by atoms with van der Waals surface area (Å²) in [6.45, 7) is -0.373. The summed E-state index contributed by atoms with van der Waals surface area (Å²) in [6, 6.07) is 14.8. The van der Waals surface area contributed by atoms with Gasteiger partial charge in [0.15, 0.2) is 11.5 Å². The number of anilines is 2. The van der Waals surface area contributed by atoms with Gasteiger partial charge in [0.25, 0.3) is 5.69 Å². The maximum absolute atomic E-state index is 14.1. The predicted octanol–water partition coefficient (Wildman–Crippen LogP) is 5.58. The van der Waals surface area contributed by atoms with Crippen LogP contribution in [0.15, 0.2) is 70.5 Å². The van der Waals surface area contributed by atoms with Gasteiger partial charge >= 0.3 is 4.87 Å². The van der Waals surface area contributed by atoms with Crippen molar-refractivity contribution in [3.8, 4) is 11.5 Å². The lowest BCUT2D eigenvalue weighted by atomic mass is 9.83. The second kappa shape index (κ2) is 12.4. The van der Waals surface area contributed by atoms with Gasteiger partial charge in [0.05, 0.1) is 45.8 Å². The van der Waals surface area contributed by atoms with Crippen LogP contribution in [-0.2, 0) is 20.9 Å². The molecule has 3 aromatic carbocycles. The molecule has 3 amide bonds. The number of ether oxygens (including phenoxy) is 2. The van der Waals surface area contributed by atoms with Crippen LogP contribution in [0.3, 0.4) is 0 Å².